The molecule has 496 valence electrons. The van der Waals surface area contributed by atoms with Crippen molar-refractivity contribution in [2.75, 3.05) is 34.5 Å². The van der Waals surface area contributed by atoms with Gasteiger partial charge in [0.25, 0.3) is 0 Å². The molecule has 5 aliphatic heterocycles. The second kappa shape index (κ2) is 27.5. The van der Waals surface area contributed by atoms with Crippen LogP contribution in [-0.2, 0) is 75.9 Å². The van der Waals surface area contributed by atoms with Crippen molar-refractivity contribution in [1.29, 1.82) is 0 Å². The molecule has 5 saturated heterocycles. The maximum absolute atomic E-state index is 13.6. The maximum atomic E-state index is 13.6. The summed E-state index contributed by atoms with van der Waals surface area (Å²) in [4.78, 5) is 26.9. The summed E-state index contributed by atoms with van der Waals surface area (Å²) < 4.78 is 86.9. The number of aliphatic hydroxyl groups excluding tert-OH is 7. The number of hydrogen-bond donors (Lipinski definition) is 9. The Kier molecular flexibility index (Phi) is 21.2. The van der Waals surface area contributed by atoms with Crippen molar-refractivity contribution in [3.63, 3.8) is 0 Å². The monoisotopic (exact) mass is 1250 g/mol. The zero-order chi connectivity index (χ0) is 63.4. The van der Waals surface area contributed by atoms with Crippen molar-refractivity contribution in [3.8, 4) is 0 Å². The molecule has 88 heavy (non-hydrogen) atoms. The smallest absolute Gasteiger partial charge is 0.331 e. The van der Waals surface area contributed by atoms with Crippen molar-refractivity contribution in [2.24, 2.45) is 22.7 Å². The molecule has 1 aromatic carbocycles. The Labute approximate surface area is 513 Å². The fourth-order valence-electron chi connectivity index (χ4n) is 16.4. The standard InChI is InChI=1S/C63H94O25/c1-30(66)37-19-22-63(74)61(37,6)44(84-45(67)16-15-34-13-11-10-12-14-34)27-43-60(5)20-18-36(23-35(60)17-21-62(43,63)73)81-46-24-38(75-7)54(31(2)78-46)85-47-25-39(76-8)55(32(3)79-47)86-48-26-40(77-9)56(33(4)80-48)87-59-53(72)51(70)57(42(29-65)83-59)88-58-52(71)50(69)49(68)41(28-64)82-58/h10-17,31-33,36-44,46-59,64-65,68-74H,18-29H2,1-9H3/b16-15+/t31-,32-,33-,36+,37+,38+,39+,40-,41-,42-,43-,44-,46?,47?,48+,49-,50+,51-,52-,53-,54-,55-,56-,57-,58+,59+,60+,61+,62+,63-/m1/s1. The van der Waals surface area contributed by atoms with Gasteiger partial charge in [-0.15, -0.1) is 0 Å². The summed E-state index contributed by atoms with van der Waals surface area (Å²) in [5.74, 6) is -1.80. The van der Waals surface area contributed by atoms with Gasteiger partial charge >= 0.3 is 5.97 Å². The molecule has 9 aliphatic rings. The molecule has 1 aromatic rings. The molecule has 0 aromatic heterocycles. The molecule has 10 rings (SSSR count). The highest BCUT2D eigenvalue weighted by atomic mass is 16.8. The van der Waals surface area contributed by atoms with Crippen molar-refractivity contribution in [1.82, 2.24) is 0 Å². The number of rotatable bonds is 19. The number of hydrogen-bond acceptors (Lipinski definition) is 25. The molecule has 3 saturated carbocycles. The third-order valence-electron chi connectivity index (χ3n) is 21.4. The lowest BCUT2D eigenvalue weighted by Crippen LogP contribution is -2.75. The quantitative estimate of drug-likeness (QED) is 0.0534. The van der Waals surface area contributed by atoms with Crippen LogP contribution < -0.4 is 0 Å². The summed E-state index contributed by atoms with van der Waals surface area (Å²) in [5, 5.41) is 99.4. The highest BCUT2D eigenvalue weighted by Gasteiger charge is 2.77. The Morgan fingerprint density at radius 1 is 0.625 bits per heavy atom. The summed E-state index contributed by atoms with van der Waals surface area (Å²) in [6.07, 6.45) is -16.5. The molecule has 8 fully saturated rings. The molecule has 5 heterocycles. The van der Waals surface area contributed by atoms with Crippen LogP contribution in [-0.4, -0.2) is 251 Å². The van der Waals surface area contributed by atoms with Gasteiger partial charge in [0.15, 0.2) is 31.5 Å². The first-order valence-corrected chi connectivity index (χ1v) is 31.2. The van der Waals surface area contributed by atoms with E-state index in [1.165, 1.54) is 20.1 Å². The van der Waals surface area contributed by atoms with Gasteiger partial charge < -0.3 is 112 Å². The zero-order valence-electron chi connectivity index (χ0n) is 51.7. The average Bonchev–Trinajstić information content (AvgIpc) is 1.30. The summed E-state index contributed by atoms with van der Waals surface area (Å²) >= 11 is 0. The highest BCUT2D eigenvalue weighted by Crippen LogP contribution is 2.70. The predicted molar refractivity (Wildman–Crippen MR) is 305 cm³/mol. The number of carbonyl (C=O) groups excluding carboxylic acids is 2. The van der Waals surface area contributed by atoms with Gasteiger partial charge in [-0.1, -0.05) is 55.8 Å². The van der Waals surface area contributed by atoms with Crippen LogP contribution in [0.5, 0.6) is 0 Å². The number of ketones is 1. The Hall–Kier alpha value is -3.04. The normalized spacial score (nSPS) is 48.9. The maximum Gasteiger partial charge on any atom is 0.331 e. The summed E-state index contributed by atoms with van der Waals surface area (Å²) in [6, 6.07) is 9.40. The van der Waals surface area contributed by atoms with Crippen molar-refractivity contribution in [3.05, 3.63) is 53.6 Å². The van der Waals surface area contributed by atoms with E-state index in [4.69, 9.17) is 66.3 Å². The number of aliphatic hydroxyl groups is 9. The lowest BCUT2D eigenvalue weighted by atomic mass is 9.43. The van der Waals surface area contributed by atoms with Gasteiger partial charge in [-0.05, 0) is 89.7 Å². The fourth-order valence-corrected chi connectivity index (χ4v) is 16.4. The van der Waals surface area contributed by atoms with Crippen LogP contribution in [0.25, 0.3) is 6.08 Å². The van der Waals surface area contributed by atoms with Gasteiger partial charge in [-0.25, -0.2) is 4.79 Å². The molecule has 30 atom stereocenters. The van der Waals surface area contributed by atoms with Gasteiger partial charge in [0.2, 0.25) is 0 Å². The molecule has 4 aliphatic carbocycles. The van der Waals surface area contributed by atoms with Crippen LogP contribution in [0.15, 0.2) is 48.1 Å². The van der Waals surface area contributed by atoms with Crippen LogP contribution >= 0.6 is 0 Å². The number of esters is 1. The first kappa shape index (κ1) is 67.8. The van der Waals surface area contributed by atoms with Crippen molar-refractivity contribution in [2.45, 2.75) is 264 Å². The summed E-state index contributed by atoms with van der Waals surface area (Å²) in [7, 11) is 4.66. The molecular formula is C63H94O25. The molecule has 0 spiro atoms. The summed E-state index contributed by atoms with van der Waals surface area (Å²) in [6.45, 7) is 9.45. The van der Waals surface area contributed by atoms with E-state index in [1.807, 2.05) is 51.1 Å². The predicted octanol–water partition coefficient (Wildman–Crippen LogP) is 1.23. The molecule has 25 nitrogen and oxygen atoms in total. The molecule has 0 amide bonds. The molecule has 25 heteroatoms. The molecule has 0 radical (unpaired) electrons. The Morgan fingerprint density at radius 2 is 1.15 bits per heavy atom. The Bertz CT molecular complexity index is 2580. The van der Waals surface area contributed by atoms with Crippen LogP contribution in [0.4, 0.5) is 0 Å². The first-order chi connectivity index (χ1) is 41.9. The van der Waals surface area contributed by atoms with E-state index in [-0.39, 0.29) is 44.0 Å². The average molecular weight is 1250 g/mol. The minimum atomic E-state index is -1.82. The van der Waals surface area contributed by atoms with E-state index >= 15 is 0 Å². The molecule has 2 unspecified atom stereocenters. The van der Waals surface area contributed by atoms with Crippen LogP contribution in [0.3, 0.4) is 0 Å². The second-order valence-electron chi connectivity index (χ2n) is 26.2. The lowest BCUT2D eigenvalue weighted by Gasteiger charge is -2.66. The van der Waals surface area contributed by atoms with E-state index in [2.05, 4.69) is 13.0 Å². The van der Waals surface area contributed by atoms with Crippen LogP contribution in [0, 0.1) is 22.7 Å². The van der Waals surface area contributed by atoms with Crippen LogP contribution in [0.1, 0.15) is 111 Å². The number of methoxy groups -OCH3 is 3. The van der Waals surface area contributed by atoms with Crippen LogP contribution in [0.2, 0.25) is 0 Å². The largest absolute Gasteiger partial charge is 0.458 e. The molecular weight excluding hydrogens is 1160 g/mol. The Morgan fingerprint density at radius 3 is 1.69 bits per heavy atom. The second-order valence-corrected chi connectivity index (χ2v) is 26.2. The molecule has 0 bridgehead atoms. The van der Waals surface area contributed by atoms with Gasteiger partial charge in [-0.2, -0.15) is 0 Å². The fraction of sp³-hybridized carbons (Fsp3) is 0.810. The third kappa shape index (κ3) is 12.6. The molecule has 9 N–H and O–H groups in total. The van der Waals surface area contributed by atoms with Crippen molar-refractivity contribution < 1.29 is 122 Å². The van der Waals surface area contributed by atoms with Gasteiger partial charge in [0, 0.05) is 63.9 Å². The highest BCUT2D eigenvalue weighted by molar-refractivity contribution is 5.87. The van der Waals surface area contributed by atoms with E-state index in [0.29, 0.717) is 32.1 Å². The minimum absolute atomic E-state index is 0.110. The van der Waals surface area contributed by atoms with E-state index in [1.54, 1.807) is 27.2 Å². The van der Waals surface area contributed by atoms with Gasteiger partial charge in [0.1, 0.15) is 90.2 Å². The summed E-state index contributed by atoms with van der Waals surface area (Å²) in [5.41, 5.74) is -3.20. The minimum Gasteiger partial charge on any atom is -0.458 e. The zero-order valence-corrected chi connectivity index (χ0v) is 51.7. The van der Waals surface area contributed by atoms with E-state index < -0.39 is 194 Å². The number of Topliss-reactive ketones (excluding diaryl/α,β-unsaturated/α-hetero) is 1. The number of ether oxygens (including phenoxy) is 14. The van der Waals surface area contributed by atoms with Gasteiger partial charge in [0.05, 0.1) is 55.9 Å². The number of fused-ring (bicyclic) bond motifs is 5. The van der Waals surface area contributed by atoms with E-state index in [9.17, 15) is 55.5 Å². The number of carbonyl (C=O) groups is 2. The lowest BCUT2D eigenvalue weighted by molar-refractivity contribution is -0.376. The SMILES string of the molecule is CO[C@H]1CC(O[C@H]2CC[C@@]3(C)C(=CC[C@]4(O)[C@@H]3C[C@@H](OC(=O)/C=C/c3ccccc3)[C@]3(C)[C@H](C(C)=O)CC[C@@]34O)C2)O[C@H](C)[C@H]1OC1C[C@H](OC)[C@H](O[C@H]2C[C@@H](OC)[C@H](O[C@@H]3O[C@H](CO)[C@@H](O[C@@H]4O[C@H](CO)[C@@H](O)[C@H](O)[C@H]4O)[C@H](O)[C@H]3O)[C@@H](C)O2)[C@@H](C)O1. The topological polar surface area (TPSA) is 345 Å². The van der Waals surface area contributed by atoms with E-state index in [0.717, 1.165) is 11.1 Å². The first-order valence-electron chi connectivity index (χ1n) is 31.2. The Balaban J connectivity index is 0.723. The number of benzene rings is 1. The van der Waals surface area contributed by atoms with Crippen molar-refractivity contribution >= 4 is 17.8 Å². The van der Waals surface area contributed by atoms with Gasteiger partial charge in [-0.3, -0.25) is 4.79 Å². The third-order valence-corrected chi connectivity index (χ3v) is 21.4.